The fourth-order valence-electron chi connectivity index (χ4n) is 2.66. The number of carbonyl (C=O) groups excluding carboxylic acids is 1. The van der Waals surface area contributed by atoms with Crippen molar-refractivity contribution >= 4 is 23.4 Å². The van der Waals surface area contributed by atoms with Gasteiger partial charge >= 0.3 is 0 Å². The number of benzene rings is 1. The number of hydrogen-bond donors (Lipinski definition) is 1. The lowest BCUT2D eigenvalue weighted by atomic mass is 10.1. The van der Waals surface area contributed by atoms with Crippen molar-refractivity contribution < 1.29 is 4.79 Å². The first kappa shape index (κ1) is 20.0. The second kappa shape index (κ2) is 8.89. The second-order valence-corrected chi connectivity index (χ2v) is 7.24. The average molecular weight is 375 g/mol. The molecule has 0 aliphatic rings. The van der Waals surface area contributed by atoms with Crippen LogP contribution >= 0.6 is 11.8 Å². The molecule has 0 saturated carbocycles. The number of aryl methyl sites for hydroxylation is 1. The maximum Gasteiger partial charge on any atom is 0.254 e. The van der Waals surface area contributed by atoms with Crippen LogP contribution in [0.2, 0.25) is 0 Å². The first-order valence-corrected chi connectivity index (χ1v) is 9.68. The molecule has 6 nitrogen and oxygen atoms in total. The highest BCUT2D eigenvalue weighted by Crippen LogP contribution is 2.14. The summed E-state index contributed by atoms with van der Waals surface area (Å²) in [6, 6.07) is 8.13. The summed E-state index contributed by atoms with van der Waals surface area (Å²) in [5.74, 6) is 0.00873. The third-order valence-electron chi connectivity index (χ3n) is 4.28. The number of carbonyl (C=O) groups is 1. The number of aromatic amines is 1. The van der Waals surface area contributed by atoms with Gasteiger partial charge < -0.3 is 14.8 Å². The fraction of sp³-hybridized carbons (Fsp3) is 0.421. The van der Waals surface area contributed by atoms with Gasteiger partial charge in [0.25, 0.3) is 5.56 Å². The highest BCUT2D eigenvalue weighted by atomic mass is 32.2. The van der Waals surface area contributed by atoms with E-state index >= 15 is 0 Å². The molecule has 0 aliphatic carbocycles. The van der Waals surface area contributed by atoms with Crippen LogP contribution in [-0.4, -0.2) is 48.2 Å². The Labute approximate surface area is 158 Å². The maximum atomic E-state index is 12.4. The number of rotatable bonds is 7. The van der Waals surface area contributed by atoms with Gasteiger partial charge in [0.05, 0.1) is 0 Å². The van der Waals surface area contributed by atoms with Gasteiger partial charge in [-0.1, -0.05) is 23.9 Å². The summed E-state index contributed by atoms with van der Waals surface area (Å²) in [7, 11) is 5.78. The topological polar surface area (TPSA) is 69.3 Å². The minimum Gasteiger partial charge on any atom is -0.378 e. The zero-order chi connectivity index (χ0) is 19.3. The molecule has 0 bridgehead atoms. The Balaban J connectivity index is 1.96. The van der Waals surface area contributed by atoms with E-state index in [1.54, 1.807) is 11.9 Å². The highest BCUT2D eigenvalue weighted by Gasteiger charge is 2.13. The first-order chi connectivity index (χ1) is 12.3. The van der Waals surface area contributed by atoms with Crippen molar-refractivity contribution in [2.24, 2.45) is 0 Å². The first-order valence-electron chi connectivity index (χ1n) is 8.45. The smallest absolute Gasteiger partial charge is 0.254 e. The number of hydrogen-bond acceptors (Lipinski definition) is 5. The number of anilines is 1. The van der Waals surface area contributed by atoms with Crippen LogP contribution in [0.25, 0.3) is 0 Å². The van der Waals surface area contributed by atoms with Crippen LogP contribution in [0.4, 0.5) is 5.69 Å². The molecule has 0 spiro atoms. The Kier molecular flexibility index (Phi) is 6.85. The van der Waals surface area contributed by atoms with Crippen LogP contribution in [0.5, 0.6) is 0 Å². The standard InChI is InChI=1S/C19H26N4O2S/c1-13-16(18(25)21-19(20-13)26-5)10-11-17(24)23(4)12-14-6-8-15(9-7-14)22(2)3/h6-9H,10-12H2,1-5H3,(H,20,21,25). The molecule has 2 aromatic rings. The van der Waals surface area contributed by atoms with Crippen LogP contribution in [0.1, 0.15) is 23.2 Å². The maximum absolute atomic E-state index is 12.4. The van der Waals surface area contributed by atoms with Gasteiger partial charge in [0.1, 0.15) is 0 Å². The molecular formula is C19H26N4O2S. The molecule has 0 unspecified atom stereocenters. The van der Waals surface area contributed by atoms with Crippen molar-refractivity contribution in [3.8, 4) is 0 Å². The molecule has 1 N–H and O–H groups in total. The van der Waals surface area contributed by atoms with Crippen LogP contribution < -0.4 is 10.5 Å². The van der Waals surface area contributed by atoms with Crippen LogP contribution in [0.3, 0.4) is 0 Å². The van der Waals surface area contributed by atoms with Crippen molar-refractivity contribution in [1.82, 2.24) is 14.9 Å². The van der Waals surface area contributed by atoms with Crippen molar-refractivity contribution in [3.05, 3.63) is 51.4 Å². The Hall–Kier alpha value is -2.28. The van der Waals surface area contributed by atoms with Gasteiger partial charge in [-0.2, -0.15) is 0 Å². The Morgan fingerprint density at radius 2 is 1.85 bits per heavy atom. The van der Waals surface area contributed by atoms with E-state index in [1.165, 1.54) is 11.8 Å². The van der Waals surface area contributed by atoms with E-state index in [0.29, 0.717) is 29.4 Å². The zero-order valence-corrected chi connectivity index (χ0v) is 16.8. The Morgan fingerprint density at radius 3 is 2.38 bits per heavy atom. The Bertz CT molecular complexity index is 815. The van der Waals surface area contributed by atoms with Gasteiger partial charge in [0.15, 0.2) is 5.16 Å². The van der Waals surface area contributed by atoms with Gasteiger partial charge in [-0.15, -0.1) is 0 Å². The van der Waals surface area contributed by atoms with Crippen LogP contribution in [0.15, 0.2) is 34.2 Å². The molecule has 1 amide bonds. The second-order valence-electron chi connectivity index (χ2n) is 6.45. The molecule has 140 valence electrons. The van der Waals surface area contributed by atoms with E-state index < -0.39 is 0 Å². The Morgan fingerprint density at radius 1 is 1.19 bits per heavy atom. The summed E-state index contributed by atoms with van der Waals surface area (Å²) >= 11 is 1.39. The van der Waals surface area contributed by atoms with Crippen LogP contribution in [-0.2, 0) is 17.8 Å². The predicted molar refractivity (Wildman–Crippen MR) is 107 cm³/mol. The molecule has 1 aromatic heterocycles. The molecule has 7 heteroatoms. The van der Waals surface area contributed by atoms with Crippen LogP contribution in [0, 0.1) is 6.92 Å². The molecule has 0 atom stereocenters. The lowest BCUT2D eigenvalue weighted by Crippen LogP contribution is -2.27. The van der Waals surface area contributed by atoms with Gasteiger partial charge in [-0.3, -0.25) is 9.59 Å². The summed E-state index contributed by atoms with van der Waals surface area (Å²) in [5, 5.41) is 0.598. The molecule has 0 aliphatic heterocycles. The van der Waals surface area contributed by atoms with Gasteiger partial charge in [0.2, 0.25) is 5.91 Å². The van der Waals surface area contributed by atoms with Crippen molar-refractivity contribution in [1.29, 1.82) is 0 Å². The SMILES string of the molecule is CSc1nc(C)c(CCC(=O)N(C)Cc2ccc(N(C)C)cc2)c(=O)[nH]1. The minimum absolute atomic E-state index is 0.00873. The molecule has 2 rings (SSSR count). The third-order valence-corrected chi connectivity index (χ3v) is 4.86. The largest absolute Gasteiger partial charge is 0.378 e. The molecule has 1 heterocycles. The lowest BCUT2D eigenvalue weighted by molar-refractivity contribution is -0.130. The third kappa shape index (κ3) is 5.11. The molecule has 0 radical (unpaired) electrons. The average Bonchev–Trinajstić information content (AvgIpc) is 2.60. The molecule has 1 aromatic carbocycles. The minimum atomic E-state index is -0.156. The van der Waals surface area contributed by atoms with Crippen molar-refractivity contribution in [3.63, 3.8) is 0 Å². The number of thioether (sulfide) groups is 1. The fourth-order valence-corrected chi connectivity index (χ4v) is 3.08. The number of amides is 1. The van der Waals surface area contributed by atoms with Gasteiger partial charge in [0, 0.05) is 51.1 Å². The number of nitrogens with one attached hydrogen (secondary N) is 1. The summed E-state index contributed by atoms with van der Waals surface area (Å²) in [6.45, 7) is 2.36. The van der Waals surface area contributed by atoms with Gasteiger partial charge in [-0.25, -0.2) is 4.98 Å². The van der Waals surface area contributed by atoms with E-state index in [4.69, 9.17) is 0 Å². The summed E-state index contributed by atoms with van der Waals surface area (Å²) in [5.41, 5.74) is 3.31. The lowest BCUT2D eigenvalue weighted by Gasteiger charge is -2.18. The quantitative estimate of drug-likeness (QED) is 0.595. The summed E-state index contributed by atoms with van der Waals surface area (Å²) in [4.78, 5) is 35.4. The van der Waals surface area contributed by atoms with E-state index in [2.05, 4.69) is 9.97 Å². The highest BCUT2D eigenvalue weighted by molar-refractivity contribution is 7.98. The summed E-state index contributed by atoms with van der Waals surface area (Å²) in [6.07, 6.45) is 2.54. The van der Waals surface area contributed by atoms with Crippen molar-refractivity contribution in [2.45, 2.75) is 31.5 Å². The molecule has 26 heavy (non-hydrogen) atoms. The van der Waals surface area contributed by atoms with E-state index in [9.17, 15) is 9.59 Å². The van der Waals surface area contributed by atoms with E-state index in [1.807, 2.05) is 56.4 Å². The van der Waals surface area contributed by atoms with Gasteiger partial charge in [-0.05, 0) is 37.3 Å². The predicted octanol–water partition coefficient (Wildman–Crippen LogP) is 2.46. The van der Waals surface area contributed by atoms with E-state index in [0.717, 1.165) is 11.3 Å². The van der Waals surface area contributed by atoms with Crippen molar-refractivity contribution in [2.75, 3.05) is 32.3 Å². The summed E-state index contributed by atoms with van der Waals surface area (Å²) < 4.78 is 0. The van der Waals surface area contributed by atoms with E-state index in [-0.39, 0.29) is 17.9 Å². The number of nitrogens with zero attached hydrogens (tertiary/aromatic N) is 3. The number of H-pyrrole nitrogens is 1. The number of aromatic nitrogens is 2. The molecule has 0 fully saturated rings. The normalized spacial score (nSPS) is 10.7. The monoisotopic (exact) mass is 374 g/mol. The zero-order valence-electron chi connectivity index (χ0n) is 16.0. The molecular weight excluding hydrogens is 348 g/mol. The molecule has 0 saturated heterocycles.